The van der Waals surface area contributed by atoms with Gasteiger partial charge in [0.2, 0.25) is 11.8 Å². The molecule has 29 heavy (non-hydrogen) atoms. The Kier molecular flexibility index (Phi) is 4.29. The van der Waals surface area contributed by atoms with Crippen molar-refractivity contribution in [3.63, 3.8) is 0 Å². The summed E-state index contributed by atoms with van der Waals surface area (Å²) in [5.41, 5.74) is 1.33. The summed E-state index contributed by atoms with van der Waals surface area (Å²) in [7, 11) is 1.56. The van der Waals surface area contributed by atoms with Gasteiger partial charge in [-0.25, -0.2) is 4.90 Å². The summed E-state index contributed by atoms with van der Waals surface area (Å²) in [6.45, 7) is 0. The minimum Gasteiger partial charge on any atom is -0.497 e. The first-order chi connectivity index (χ1) is 14.1. The van der Waals surface area contributed by atoms with Crippen molar-refractivity contribution < 1.29 is 14.3 Å². The van der Waals surface area contributed by atoms with Crippen molar-refractivity contribution in [2.45, 2.75) is 16.2 Å². The molecule has 0 unspecified atom stereocenters. The van der Waals surface area contributed by atoms with Crippen LogP contribution in [0.4, 0.5) is 5.69 Å². The van der Waals surface area contributed by atoms with E-state index in [9.17, 15) is 14.4 Å². The maximum atomic E-state index is 13.5. The molecular formula is C20H15N3O4S2. The maximum absolute atomic E-state index is 13.5. The molecule has 2 amide bonds. The molecule has 2 aliphatic rings. The fourth-order valence-electron chi connectivity index (χ4n) is 3.92. The van der Waals surface area contributed by atoms with Crippen LogP contribution < -0.4 is 14.5 Å². The lowest BCUT2D eigenvalue weighted by molar-refractivity contribution is -0.122. The first-order valence-electron chi connectivity index (χ1n) is 8.90. The lowest BCUT2D eigenvalue weighted by Crippen LogP contribution is -2.32. The molecule has 4 heterocycles. The largest absolute Gasteiger partial charge is 0.497 e. The van der Waals surface area contributed by atoms with Crippen LogP contribution in [-0.4, -0.2) is 34.1 Å². The molecule has 2 aromatic heterocycles. The van der Waals surface area contributed by atoms with Crippen LogP contribution in [0.1, 0.15) is 16.4 Å². The Balaban J connectivity index is 1.62. The van der Waals surface area contributed by atoms with E-state index >= 15 is 0 Å². The van der Waals surface area contributed by atoms with Crippen LogP contribution in [0.15, 0.2) is 58.6 Å². The van der Waals surface area contributed by atoms with Crippen LogP contribution in [0, 0.1) is 5.92 Å². The molecule has 1 saturated heterocycles. The SMILES string of the molecule is COc1ccc(N2C(=O)[C@H]3[C@H](c4cccnc4)c4sc(=O)[nH]c4S[C@H]3C2=O)cc1. The van der Waals surface area contributed by atoms with Gasteiger partial charge in [-0.3, -0.25) is 19.4 Å². The molecule has 2 aliphatic heterocycles. The molecular weight excluding hydrogens is 410 g/mol. The highest BCUT2D eigenvalue weighted by molar-refractivity contribution is 8.00. The van der Waals surface area contributed by atoms with Gasteiger partial charge in [-0.15, -0.1) is 0 Å². The van der Waals surface area contributed by atoms with Crippen molar-refractivity contribution in [3.8, 4) is 5.75 Å². The van der Waals surface area contributed by atoms with Crippen molar-refractivity contribution in [3.05, 3.63) is 68.9 Å². The number of imide groups is 1. The molecule has 0 spiro atoms. The van der Waals surface area contributed by atoms with Gasteiger partial charge in [0, 0.05) is 23.2 Å². The number of fused-ring (bicyclic) bond motifs is 2. The van der Waals surface area contributed by atoms with E-state index in [4.69, 9.17) is 4.74 Å². The van der Waals surface area contributed by atoms with Crippen LogP contribution in [0.3, 0.4) is 0 Å². The molecule has 1 N–H and O–H groups in total. The van der Waals surface area contributed by atoms with Gasteiger partial charge < -0.3 is 9.72 Å². The van der Waals surface area contributed by atoms with Crippen molar-refractivity contribution in [2.75, 3.05) is 12.0 Å². The van der Waals surface area contributed by atoms with Crippen molar-refractivity contribution in [2.24, 2.45) is 5.92 Å². The maximum Gasteiger partial charge on any atom is 0.305 e. The third-order valence-electron chi connectivity index (χ3n) is 5.20. The van der Waals surface area contributed by atoms with E-state index in [1.165, 1.54) is 16.7 Å². The highest BCUT2D eigenvalue weighted by Gasteiger charge is 2.56. The molecule has 3 atom stereocenters. The Morgan fingerprint density at radius 2 is 1.90 bits per heavy atom. The smallest absolute Gasteiger partial charge is 0.305 e. The van der Waals surface area contributed by atoms with Gasteiger partial charge in [0.25, 0.3) is 0 Å². The number of anilines is 1. The number of amides is 2. The summed E-state index contributed by atoms with van der Waals surface area (Å²) in [4.78, 5) is 47.6. The Morgan fingerprint density at radius 3 is 2.59 bits per heavy atom. The Morgan fingerprint density at radius 1 is 1.10 bits per heavy atom. The third kappa shape index (κ3) is 2.80. The predicted octanol–water partition coefficient (Wildman–Crippen LogP) is 2.64. The molecule has 3 aromatic rings. The van der Waals surface area contributed by atoms with Crippen LogP contribution in [0.25, 0.3) is 0 Å². The number of benzene rings is 1. The molecule has 0 bridgehead atoms. The lowest BCUT2D eigenvalue weighted by Gasteiger charge is -2.29. The number of carbonyl (C=O) groups is 2. The van der Waals surface area contributed by atoms with Crippen molar-refractivity contribution >= 4 is 40.6 Å². The second-order valence-electron chi connectivity index (χ2n) is 6.75. The molecule has 1 fully saturated rings. The molecule has 1 aromatic carbocycles. The summed E-state index contributed by atoms with van der Waals surface area (Å²) < 4.78 is 5.17. The van der Waals surface area contributed by atoms with E-state index < -0.39 is 17.1 Å². The van der Waals surface area contributed by atoms with E-state index in [2.05, 4.69) is 9.97 Å². The Hall–Kier alpha value is -2.91. The van der Waals surface area contributed by atoms with Gasteiger partial charge in [-0.1, -0.05) is 29.2 Å². The zero-order valence-electron chi connectivity index (χ0n) is 15.2. The normalized spacial score (nSPS) is 23.1. The lowest BCUT2D eigenvalue weighted by atomic mass is 9.84. The topological polar surface area (TPSA) is 92.4 Å². The molecule has 0 radical (unpaired) electrons. The fraction of sp³-hybridized carbons (Fsp3) is 0.200. The summed E-state index contributed by atoms with van der Waals surface area (Å²) >= 11 is 2.35. The summed E-state index contributed by atoms with van der Waals surface area (Å²) in [5.74, 6) is -0.890. The van der Waals surface area contributed by atoms with Gasteiger partial charge >= 0.3 is 4.87 Å². The molecule has 5 rings (SSSR count). The minimum atomic E-state index is -0.604. The predicted molar refractivity (Wildman–Crippen MR) is 110 cm³/mol. The highest BCUT2D eigenvalue weighted by Crippen LogP contribution is 2.53. The van der Waals surface area contributed by atoms with Crippen molar-refractivity contribution in [1.82, 2.24) is 9.97 Å². The Labute approximate surface area is 173 Å². The molecule has 0 aliphatic carbocycles. The van der Waals surface area contributed by atoms with Gasteiger partial charge in [0.05, 0.1) is 23.7 Å². The standard InChI is InChI=1S/C20H15N3O4S2/c1-27-12-6-4-11(5-7-12)23-18(24)14-13(10-3-2-8-21-9-10)15-17(22-20(26)29-15)28-16(14)19(23)25/h2-9,13-14,16H,1H3,(H,22,26)/t13-,14-,16+/m0/s1. The fourth-order valence-corrected chi connectivity index (χ4v) is 6.44. The van der Waals surface area contributed by atoms with E-state index in [0.717, 1.165) is 21.8 Å². The van der Waals surface area contributed by atoms with Crippen LogP contribution in [0.2, 0.25) is 0 Å². The number of pyridine rings is 1. The molecule has 146 valence electrons. The number of aromatic amines is 1. The minimum absolute atomic E-state index is 0.191. The summed E-state index contributed by atoms with van der Waals surface area (Å²) in [6, 6.07) is 10.5. The highest BCUT2D eigenvalue weighted by atomic mass is 32.2. The van der Waals surface area contributed by atoms with Gasteiger partial charge in [-0.2, -0.15) is 0 Å². The molecule has 9 heteroatoms. The quantitative estimate of drug-likeness (QED) is 0.649. The Bertz CT molecular complexity index is 1160. The van der Waals surface area contributed by atoms with Crippen molar-refractivity contribution in [1.29, 1.82) is 0 Å². The first kappa shape index (κ1) is 18.1. The summed E-state index contributed by atoms with van der Waals surface area (Å²) in [5, 5.41) is 0.0559. The number of carbonyl (C=O) groups excluding carboxylic acids is 2. The average molecular weight is 425 g/mol. The molecule has 0 saturated carbocycles. The number of methoxy groups -OCH3 is 1. The average Bonchev–Trinajstić information content (AvgIpc) is 3.23. The first-order valence-corrected chi connectivity index (χ1v) is 10.6. The summed E-state index contributed by atoms with van der Waals surface area (Å²) in [6.07, 6.45) is 3.35. The van der Waals surface area contributed by atoms with Gasteiger partial charge in [0.1, 0.15) is 11.0 Å². The van der Waals surface area contributed by atoms with E-state index in [1.54, 1.807) is 49.8 Å². The molecule has 7 nitrogen and oxygen atoms in total. The van der Waals surface area contributed by atoms with E-state index in [1.807, 2.05) is 6.07 Å². The number of H-pyrrole nitrogens is 1. The third-order valence-corrected chi connectivity index (χ3v) is 7.60. The monoisotopic (exact) mass is 425 g/mol. The van der Waals surface area contributed by atoms with E-state index in [0.29, 0.717) is 16.5 Å². The van der Waals surface area contributed by atoms with Gasteiger partial charge in [-0.05, 0) is 35.9 Å². The number of hydrogen-bond acceptors (Lipinski definition) is 7. The van der Waals surface area contributed by atoms with Crippen LogP contribution in [0.5, 0.6) is 5.75 Å². The number of nitrogens with zero attached hydrogens (tertiary/aromatic N) is 2. The zero-order valence-corrected chi connectivity index (χ0v) is 16.8. The number of thioether (sulfide) groups is 1. The van der Waals surface area contributed by atoms with Crippen LogP contribution >= 0.6 is 23.1 Å². The second kappa shape index (κ2) is 6.85. The number of nitrogens with one attached hydrogen (secondary N) is 1. The zero-order chi connectivity index (χ0) is 20.1. The van der Waals surface area contributed by atoms with E-state index in [-0.39, 0.29) is 16.7 Å². The number of thiazole rings is 1. The second-order valence-corrected chi connectivity index (χ2v) is 8.91. The number of ether oxygens (including phenoxy) is 1. The number of aromatic nitrogens is 2. The van der Waals surface area contributed by atoms with Gasteiger partial charge in [0.15, 0.2) is 0 Å². The number of rotatable bonds is 3. The number of hydrogen-bond donors (Lipinski definition) is 1. The van der Waals surface area contributed by atoms with Crippen LogP contribution in [-0.2, 0) is 9.59 Å².